The topological polar surface area (TPSA) is 258 Å². The van der Waals surface area contributed by atoms with Crippen molar-refractivity contribution in [3.63, 3.8) is 0 Å². The van der Waals surface area contributed by atoms with E-state index in [1.807, 2.05) is 165 Å². The molecule has 32 heteroatoms. The zero-order valence-corrected chi connectivity index (χ0v) is 92.0. The van der Waals surface area contributed by atoms with Crippen molar-refractivity contribution in [1.82, 2.24) is 23.0 Å². The lowest BCUT2D eigenvalue weighted by atomic mass is 9.77. The van der Waals surface area contributed by atoms with Gasteiger partial charge in [-0.25, -0.2) is 27.4 Å². The third-order valence-corrected chi connectivity index (χ3v) is 34.1. The molecule has 0 spiro atoms. The minimum atomic E-state index is -1.19. The average Bonchev–Trinajstić information content (AvgIpc) is 1.62. The summed E-state index contributed by atoms with van der Waals surface area (Å²) in [6, 6.07) is 59.4. The Balaban J connectivity index is 0.000000150. The Hall–Kier alpha value is -11.1. The zero-order valence-electron chi connectivity index (χ0n) is 80.8. The maximum absolute atomic E-state index is 14.2. The van der Waals surface area contributed by atoms with Crippen LogP contribution in [0.2, 0.25) is 0 Å². The van der Waals surface area contributed by atoms with Crippen LogP contribution in [0.4, 0.5) is 22.0 Å². The molecular weight excluding hydrogens is 2210 g/mol. The number of rotatable bonds is 16. The molecule has 17 nitrogen and oxygen atoms in total. The van der Waals surface area contributed by atoms with Crippen molar-refractivity contribution in [3.05, 3.63) is 380 Å². The fourth-order valence-electron chi connectivity index (χ4n) is 17.8. The number of aldehydes is 2. The van der Waals surface area contributed by atoms with Gasteiger partial charge < -0.3 is 19.8 Å². The molecule has 4 heterocycles. The fraction of sp³-hybridized carbons (Fsp3) is 0.241. The lowest BCUT2D eigenvalue weighted by Gasteiger charge is -2.27. The summed E-state index contributed by atoms with van der Waals surface area (Å²) in [7, 11) is 2.76. The highest BCUT2D eigenvalue weighted by molar-refractivity contribution is 9.11. The highest BCUT2D eigenvalue weighted by Crippen LogP contribution is 2.52. The Bertz CT molecular complexity index is 7290. The van der Waals surface area contributed by atoms with Crippen molar-refractivity contribution in [3.8, 4) is 0 Å². The van der Waals surface area contributed by atoms with E-state index in [9.17, 15) is 61.0 Å². The third-order valence-electron chi connectivity index (χ3n) is 24.8. The molecule has 0 unspecified atom stereocenters. The molecule has 746 valence electrons. The molecule has 19 rings (SSSR count). The van der Waals surface area contributed by atoms with Gasteiger partial charge in [-0.3, -0.25) is 34.0 Å². The number of carbonyl (C=O) groups is 6. The molecule has 0 aliphatic heterocycles. The number of hydrogen-bond donors (Lipinski definition) is 4. The summed E-state index contributed by atoms with van der Waals surface area (Å²) in [6.07, 6.45) is 22.7. The Morgan fingerprint density at radius 1 is 0.410 bits per heavy atom. The standard InChI is InChI=1S/C21H18FNO2S.C20H17FN2O2S.C20H16FNO2S.C15H17FO2.C11H14BrNOS.C11H13BrOS.C7H4BrFO.C7H4BrNS/c1-13-17(7-4-8-18(13)22)21(20(24)25-2)10-9-14(11-21)16-6-3-5-15-12-23-26-19(15)16;1-12-16(6-3-7-17(12)21)20(19(24)23-25)9-8-13(10-20)15-5-2-4-14-11-22-26-18(14)15;1-12-16(6-3-7-17(12)21)20(19(23)24)9-8-13(10-20)15-5-2-4-14-11-22-25-18(14)15;1-10-7-8-15(9-10,14(17)18-3)12-5-4-6-13(16)11(12)2;1-11(2,3)15-10-8(7-13-14)5-4-6-9(10)12;1-11(2,3)14-10-8(7-13)5-4-6-9(10)12;8-6-3-1-2-5(4-10)7(6)9;8-6-3-1-2-5-4-9-10-7(5)6/h3-8,11-12H,9-10H2,1-2H3;2-7,10-11,25H,8-9H2,1H3,(H,23,24);2-7,10-11H,8-9H2,1H3,(H,23,24);4-6,9H,7-8H2,1-3H3;4-7,14H,1-3H3;4-7H,1-3H3;2*1-4H/b;;;;13-7+;;;/t21-;2*20-;15-;;;;/m0000..../s1. The van der Waals surface area contributed by atoms with E-state index in [4.69, 9.17) is 14.7 Å². The molecular formula is C112H103Br4F5N6O11S6. The van der Waals surface area contributed by atoms with E-state index in [0.717, 1.165) is 123 Å². The molecule has 1 amide bonds. The fourth-order valence-corrected chi connectivity index (χ4v) is 25.1. The molecule has 0 fully saturated rings. The number of oxime groups is 1. The van der Waals surface area contributed by atoms with E-state index >= 15 is 0 Å². The van der Waals surface area contributed by atoms with Crippen LogP contribution in [0.3, 0.4) is 0 Å². The van der Waals surface area contributed by atoms with Crippen molar-refractivity contribution in [1.29, 1.82) is 0 Å². The molecule has 15 aromatic rings. The Morgan fingerprint density at radius 2 is 0.722 bits per heavy atom. The van der Waals surface area contributed by atoms with Gasteiger partial charge in [0.05, 0.1) is 54.7 Å². The van der Waals surface area contributed by atoms with Gasteiger partial charge in [0.1, 0.15) is 45.3 Å². The summed E-state index contributed by atoms with van der Waals surface area (Å²) in [4.78, 5) is 72.9. The Morgan fingerprint density at radius 3 is 1.09 bits per heavy atom. The van der Waals surface area contributed by atoms with Crippen molar-refractivity contribution in [2.45, 2.75) is 168 Å². The van der Waals surface area contributed by atoms with Crippen LogP contribution in [0.15, 0.2) is 288 Å². The first-order valence-electron chi connectivity index (χ1n) is 45.4. The van der Waals surface area contributed by atoms with Gasteiger partial charge >= 0.3 is 17.9 Å². The van der Waals surface area contributed by atoms with E-state index in [-0.39, 0.29) is 50.3 Å². The van der Waals surface area contributed by atoms with Crippen LogP contribution in [-0.4, -0.2) is 99.3 Å². The molecule has 0 saturated carbocycles. The first-order valence-corrected chi connectivity index (χ1v) is 53.3. The number of methoxy groups -OCH3 is 2. The number of ether oxygens (including phenoxy) is 2. The predicted octanol–water partition coefficient (Wildman–Crippen LogP) is 31.4. The highest BCUT2D eigenvalue weighted by atomic mass is 79.9. The number of hydroxylamine groups is 1. The highest BCUT2D eigenvalue weighted by Gasteiger charge is 2.48. The lowest BCUT2D eigenvalue weighted by Crippen LogP contribution is -2.41. The average molecular weight is 2320 g/mol. The number of nitrogens with zero attached hydrogens (tertiary/aromatic N) is 5. The summed E-state index contributed by atoms with van der Waals surface area (Å²) in [6.45, 7) is 21.5. The molecule has 11 aromatic carbocycles. The molecule has 4 aromatic heterocycles. The van der Waals surface area contributed by atoms with Gasteiger partial charge in [0.15, 0.2) is 12.6 Å². The number of allylic oxidation sites excluding steroid dienone is 4. The largest absolute Gasteiger partial charge is 0.480 e. The number of benzene rings is 11. The monoisotopic (exact) mass is 2310 g/mol. The van der Waals surface area contributed by atoms with Gasteiger partial charge in [0, 0.05) is 90.2 Å². The van der Waals surface area contributed by atoms with E-state index in [2.05, 4.69) is 140 Å². The number of hydrogen-bond acceptors (Lipinski definition) is 21. The van der Waals surface area contributed by atoms with Gasteiger partial charge in [0.2, 0.25) is 0 Å². The van der Waals surface area contributed by atoms with Crippen molar-refractivity contribution < 1.29 is 75.7 Å². The predicted molar refractivity (Wildman–Crippen MR) is 587 cm³/mol. The second-order valence-corrected chi connectivity index (χ2v) is 46.6. The number of thioether (sulfide) groups is 2. The van der Waals surface area contributed by atoms with Crippen LogP contribution in [0, 0.1) is 56.8 Å². The number of carbonyl (C=O) groups excluding carboxylic acids is 5. The third kappa shape index (κ3) is 25.6. The molecule has 4 aliphatic rings. The second-order valence-electron chi connectivity index (χ2n) is 36.3. The number of carboxylic acids is 1. The number of halogens is 9. The Kier molecular flexibility index (Phi) is 38.3. The van der Waals surface area contributed by atoms with E-state index in [1.54, 1.807) is 105 Å². The number of amides is 1. The Labute approximate surface area is 891 Å². The second kappa shape index (κ2) is 49.4. The van der Waals surface area contributed by atoms with Gasteiger partial charge in [-0.05, 0) is 328 Å². The van der Waals surface area contributed by atoms with Gasteiger partial charge in [-0.15, -0.1) is 23.5 Å². The first-order chi connectivity index (χ1) is 68.7. The number of nitrogens with one attached hydrogen (secondary N) is 1. The van der Waals surface area contributed by atoms with Crippen LogP contribution in [0.5, 0.6) is 0 Å². The van der Waals surface area contributed by atoms with Gasteiger partial charge in [-0.1, -0.05) is 222 Å². The number of aromatic nitrogens is 4. The maximum Gasteiger partial charge on any atom is 0.320 e. The lowest BCUT2D eigenvalue weighted by molar-refractivity contribution is -0.146. The van der Waals surface area contributed by atoms with E-state index in [0.29, 0.717) is 93.8 Å². The minimum absolute atomic E-state index is 0.0781. The molecule has 0 radical (unpaired) electrons. The van der Waals surface area contributed by atoms with Crippen molar-refractivity contribution in [2.24, 2.45) is 5.16 Å². The van der Waals surface area contributed by atoms with Crippen LogP contribution >= 0.6 is 133 Å². The smallest absolute Gasteiger partial charge is 0.320 e. The quantitative estimate of drug-likeness (QED) is 0.00807. The summed E-state index contributed by atoms with van der Waals surface area (Å²) < 4.78 is 104. The summed E-state index contributed by atoms with van der Waals surface area (Å²) >= 11 is 22.6. The molecule has 144 heavy (non-hydrogen) atoms. The van der Waals surface area contributed by atoms with E-state index in [1.165, 1.54) is 107 Å². The SMILES string of the molecule is Brc1cccc2cnsc12.CC(C)(C)Sc1c(Br)cccc1/C=N/O.CC(C)(C)Sc1c(Br)cccc1C=O.COC(=O)[C@]1(c2cccc(F)c2C)C=C(C)CC1.COC(=O)[C@]1(c2cccc(F)c2C)C=C(c2cccc3cnsc23)CC1.Cc1c(F)cccc1[C@@]1(C(=O)NO)C=C(c2cccc3cnsc23)CC1.Cc1c(F)cccc1[C@@]1(C(=O)O)C=C(c2cccc3cnsc23)CC1.O=Cc1cccc(Br)c1F. The number of fused-ring (bicyclic) bond motifs is 4. The van der Waals surface area contributed by atoms with Gasteiger partial charge in [0.25, 0.3) is 5.91 Å². The number of aliphatic carboxylic acids is 1. The first kappa shape index (κ1) is 112. The van der Waals surface area contributed by atoms with Crippen LogP contribution in [-0.2, 0) is 50.3 Å². The van der Waals surface area contributed by atoms with Crippen LogP contribution in [0.1, 0.15) is 187 Å². The summed E-state index contributed by atoms with van der Waals surface area (Å²) in [5.74, 6) is -3.97. The summed E-state index contributed by atoms with van der Waals surface area (Å²) in [5, 5.41) is 35.4. The summed E-state index contributed by atoms with van der Waals surface area (Å²) in [5.41, 5.74) is 11.2. The molecule has 0 saturated heterocycles. The normalized spacial score (nSPS) is 17.2. The van der Waals surface area contributed by atoms with Crippen molar-refractivity contribution >= 4 is 233 Å². The van der Waals surface area contributed by atoms with Crippen LogP contribution < -0.4 is 5.48 Å². The van der Waals surface area contributed by atoms with E-state index < -0.39 is 39.4 Å². The molecule has 4 N–H and O–H groups in total. The molecule has 4 aliphatic carbocycles. The van der Waals surface area contributed by atoms with Crippen molar-refractivity contribution in [2.75, 3.05) is 14.2 Å². The molecule has 0 bridgehead atoms. The van der Waals surface area contributed by atoms with Crippen LogP contribution in [0.25, 0.3) is 57.1 Å². The zero-order chi connectivity index (χ0) is 104. The maximum atomic E-state index is 14.2. The molecule has 4 atom stereocenters. The van der Waals surface area contributed by atoms with Gasteiger partial charge in [-0.2, -0.15) is 17.5 Å². The number of esters is 2. The number of carboxylic acid groups (broad SMARTS) is 1. The minimum Gasteiger partial charge on any atom is -0.480 e.